The number of hydrogen-bond acceptors (Lipinski definition) is 6. The predicted octanol–water partition coefficient (Wildman–Crippen LogP) is 2.71. The molecule has 0 saturated carbocycles. The lowest BCUT2D eigenvalue weighted by atomic mass is 10.1. The molecule has 0 unspecified atom stereocenters. The second-order valence-corrected chi connectivity index (χ2v) is 5.43. The van der Waals surface area contributed by atoms with E-state index in [4.69, 9.17) is 4.52 Å². The van der Waals surface area contributed by atoms with Crippen LogP contribution in [0.25, 0.3) is 11.3 Å². The first-order valence-electron chi connectivity index (χ1n) is 6.53. The molecular formula is C14H10F2N4O2S. The SMILES string of the molecule is Cc1nnsc1C(=O)NCc1cc(-c2ccc(F)cc2F)on1. The van der Waals surface area contributed by atoms with Crippen LogP contribution in [0.1, 0.15) is 21.1 Å². The van der Waals surface area contributed by atoms with Crippen LogP contribution in [0.5, 0.6) is 0 Å². The molecule has 1 amide bonds. The van der Waals surface area contributed by atoms with E-state index in [1.165, 1.54) is 12.1 Å². The number of aromatic nitrogens is 3. The fraction of sp³-hybridized carbons (Fsp3) is 0.143. The molecule has 0 spiro atoms. The van der Waals surface area contributed by atoms with Crippen molar-refractivity contribution in [1.29, 1.82) is 0 Å². The van der Waals surface area contributed by atoms with Gasteiger partial charge in [-0.1, -0.05) is 9.64 Å². The summed E-state index contributed by atoms with van der Waals surface area (Å²) in [7, 11) is 0. The molecule has 0 radical (unpaired) electrons. The number of carbonyl (C=O) groups is 1. The van der Waals surface area contributed by atoms with Gasteiger partial charge in [0.05, 0.1) is 17.8 Å². The van der Waals surface area contributed by atoms with Gasteiger partial charge in [-0.25, -0.2) is 8.78 Å². The van der Waals surface area contributed by atoms with E-state index >= 15 is 0 Å². The number of amides is 1. The van der Waals surface area contributed by atoms with Crippen LogP contribution in [0.15, 0.2) is 28.8 Å². The van der Waals surface area contributed by atoms with Gasteiger partial charge in [-0.05, 0) is 30.6 Å². The summed E-state index contributed by atoms with van der Waals surface area (Å²) in [4.78, 5) is 12.3. The number of nitrogens with zero attached hydrogens (tertiary/aromatic N) is 3. The van der Waals surface area contributed by atoms with Crippen molar-refractivity contribution in [3.8, 4) is 11.3 Å². The highest BCUT2D eigenvalue weighted by atomic mass is 32.1. The molecule has 0 aliphatic heterocycles. The quantitative estimate of drug-likeness (QED) is 0.792. The molecule has 3 aromatic rings. The highest BCUT2D eigenvalue weighted by Gasteiger charge is 2.15. The first-order chi connectivity index (χ1) is 11.0. The first-order valence-corrected chi connectivity index (χ1v) is 7.30. The molecule has 6 nitrogen and oxygen atoms in total. The Balaban J connectivity index is 1.70. The largest absolute Gasteiger partial charge is 0.356 e. The molecule has 0 atom stereocenters. The second-order valence-electron chi connectivity index (χ2n) is 4.68. The maximum atomic E-state index is 13.7. The molecule has 0 saturated heterocycles. The normalized spacial score (nSPS) is 10.7. The van der Waals surface area contributed by atoms with Crippen molar-refractivity contribution in [2.24, 2.45) is 0 Å². The lowest BCUT2D eigenvalue weighted by Crippen LogP contribution is -2.22. The standard InChI is InChI=1S/C14H10F2N4O2S/c1-7-13(23-20-18-7)14(21)17-6-9-5-12(22-19-9)10-3-2-8(15)4-11(10)16/h2-5H,6H2,1H3,(H,17,21). The number of hydrogen-bond donors (Lipinski definition) is 1. The predicted molar refractivity (Wildman–Crippen MR) is 77.7 cm³/mol. The Morgan fingerprint density at radius 1 is 1.35 bits per heavy atom. The van der Waals surface area contributed by atoms with E-state index in [1.807, 2.05) is 0 Å². The molecule has 2 heterocycles. The molecule has 2 aromatic heterocycles. The van der Waals surface area contributed by atoms with Crippen molar-refractivity contribution in [2.75, 3.05) is 0 Å². The van der Waals surface area contributed by atoms with Crippen LogP contribution in [0.2, 0.25) is 0 Å². The van der Waals surface area contributed by atoms with Crippen LogP contribution >= 0.6 is 11.5 Å². The van der Waals surface area contributed by atoms with Crippen LogP contribution < -0.4 is 5.32 Å². The Hall–Kier alpha value is -2.68. The summed E-state index contributed by atoms with van der Waals surface area (Å²) >= 11 is 0.996. The number of nitrogens with one attached hydrogen (secondary N) is 1. The van der Waals surface area contributed by atoms with Gasteiger partial charge in [-0.15, -0.1) is 5.10 Å². The van der Waals surface area contributed by atoms with E-state index in [1.54, 1.807) is 6.92 Å². The first kappa shape index (κ1) is 15.2. The van der Waals surface area contributed by atoms with Crippen LogP contribution in [-0.2, 0) is 6.54 Å². The average molecular weight is 336 g/mol. The summed E-state index contributed by atoms with van der Waals surface area (Å²) in [5.41, 5.74) is 1.05. The van der Waals surface area contributed by atoms with E-state index < -0.39 is 11.6 Å². The fourth-order valence-corrected chi connectivity index (χ4v) is 2.48. The van der Waals surface area contributed by atoms with Gasteiger partial charge >= 0.3 is 0 Å². The third-order valence-corrected chi connectivity index (χ3v) is 3.87. The Morgan fingerprint density at radius 2 is 2.17 bits per heavy atom. The highest BCUT2D eigenvalue weighted by Crippen LogP contribution is 2.24. The smallest absolute Gasteiger partial charge is 0.265 e. The maximum absolute atomic E-state index is 13.7. The van der Waals surface area contributed by atoms with Gasteiger partial charge in [-0.3, -0.25) is 4.79 Å². The summed E-state index contributed by atoms with van der Waals surface area (Å²) in [6.45, 7) is 1.78. The third kappa shape index (κ3) is 3.24. The Morgan fingerprint density at radius 3 is 2.87 bits per heavy atom. The van der Waals surface area contributed by atoms with E-state index in [9.17, 15) is 13.6 Å². The van der Waals surface area contributed by atoms with E-state index in [-0.39, 0.29) is 23.8 Å². The summed E-state index contributed by atoms with van der Waals surface area (Å²) in [6.07, 6.45) is 0. The molecule has 3 rings (SSSR count). The van der Waals surface area contributed by atoms with E-state index in [0.717, 1.165) is 23.7 Å². The van der Waals surface area contributed by atoms with E-state index in [0.29, 0.717) is 16.3 Å². The summed E-state index contributed by atoms with van der Waals surface area (Å²) in [5.74, 6) is -1.59. The Bertz CT molecular complexity index is 862. The molecule has 1 aromatic carbocycles. The zero-order valence-corrected chi connectivity index (χ0v) is 12.7. The molecule has 0 bridgehead atoms. The number of benzene rings is 1. The summed E-state index contributed by atoms with van der Waals surface area (Å²) < 4.78 is 35.3. The van der Waals surface area contributed by atoms with Gasteiger partial charge in [-0.2, -0.15) is 0 Å². The number of carbonyl (C=O) groups excluding carboxylic acids is 1. The van der Waals surface area contributed by atoms with Crippen LogP contribution in [0.3, 0.4) is 0 Å². The van der Waals surface area contributed by atoms with Gasteiger partial charge in [0.2, 0.25) is 0 Å². The van der Waals surface area contributed by atoms with Crippen molar-refractivity contribution >= 4 is 17.4 Å². The molecule has 23 heavy (non-hydrogen) atoms. The topological polar surface area (TPSA) is 80.9 Å². The average Bonchev–Trinajstić information content (AvgIpc) is 3.14. The molecule has 0 fully saturated rings. The molecule has 0 aliphatic carbocycles. The van der Waals surface area contributed by atoms with Gasteiger partial charge in [0, 0.05) is 12.1 Å². The van der Waals surface area contributed by atoms with Crippen molar-refractivity contribution in [2.45, 2.75) is 13.5 Å². The zero-order valence-electron chi connectivity index (χ0n) is 11.8. The minimum atomic E-state index is -0.747. The van der Waals surface area contributed by atoms with Crippen molar-refractivity contribution < 1.29 is 18.1 Å². The van der Waals surface area contributed by atoms with Crippen molar-refractivity contribution in [3.05, 3.63) is 52.2 Å². The lowest BCUT2D eigenvalue weighted by molar-refractivity contribution is 0.0953. The molecule has 118 valence electrons. The van der Waals surface area contributed by atoms with E-state index in [2.05, 4.69) is 20.1 Å². The fourth-order valence-electron chi connectivity index (χ4n) is 1.90. The van der Waals surface area contributed by atoms with Gasteiger partial charge in [0.1, 0.15) is 22.2 Å². The Kier molecular flexibility index (Phi) is 4.11. The monoisotopic (exact) mass is 336 g/mol. The molecule has 1 N–H and O–H groups in total. The maximum Gasteiger partial charge on any atom is 0.265 e. The minimum absolute atomic E-state index is 0.0963. The van der Waals surface area contributed by atoms with Crippen LogP contribution in [0, 0.1) is 18.6 Å². The molecule has 9 heteroatoms. The number of halogens is 2. The van der Waals surface area contributed by atoms with Crippen LogP contribution in [0.4, 0.5) is 8.78 Å². The summed E-state index contributed by atoms with van der Waals surface area (Å²) in [5, 5.41) is 10.2. The van der Waals surface area contributed by atoms with Gasteiger partial charge in [0.25, 0.3) is 5.91 Å². The van der Waals surface area contributed by atoms with Gasteiger partial charge < -0.3 is 9.84 Å². The number of rotatable bonds is 4. The van der Waals surface area contributed by atoms with Crippen LogP contribution in [-0.4, -0.2) is 20.7 Å². The minimum Gasteiger partial charge on any atom is -0.356 e. The molecule has 0 aliphatic rings. The van der Waals surface area contributed by atoms with Gasteiger partial charge in [0.15, 0.2) is 5.76 Å². The van der Waals surface area contributed by atoms with Crippen molar-refractivity contribution in [1.82, 2.24) is 20.1 Å². The highest BCUT2D eigenvalue weighted by molar-refractivity contribution is 7.07. The third-order valence-electron chi connectivity index (χ3n) is 3.04. The Labute approximate surface area is 133 Å². The van der Waals surface area contributed by atoms with Crippen molar-refractivity contribution in [3.63, 3.8) is 0 Å². The summed E-state index contributed by atoms with van der Waals surface area (Å²) in [6, 6.07) is 4.63. The second kappa shape index (κ2) is 6.21. The zero-order chi connectivity index (χ0) is 16.4. The molecular weight excluding hydrogens is 326 g/mol. The number of aryl methyl sites for hydroxylation is 1. The lowest BCUT2D eigenvalue weighted by Gasteiger charge is -1.99.